The van der Waals surface area contributed by atoms with Crippen LogP contribution in [0, 0.1) is 5.41 Å². The zero-order valence-electron chi connectivity index (χ0n) is 12.8. The molecule has 2 N–H and O–H groups in total. The summed E-state index contributed by atoms with van der Waals surface area (Å²) in [5, 5.41) is 14.0. The van der Waals surface area contributed by atoms with E-state index < -0.39 is 6.10 Å². The number of rotatable bonds is 8. The average molecular weight is 312 g/mol. The number of halogens is 1. The lowest BCUT2D eigenvalue weighted by Crippen LogP contribution is -2.36. The Hall–Kier alpha value is -0.610. The molecule has 3 nitrogen and oxygen atoms in total. The topological polar surface area (TPSA) is 41.5 Å². The fraction of sp³-hybridized carbons (Fsp3) is 0.647. The van der Waals surface area contributed by atoms with Gasteiger partial charge in [0.15, 0.2) is 0 Å². The lowest BCUT2D eigenvalue weighted by molar-refractivity contribution is 0.0278. The number of nitrogens with one attached hydrogen (secondary N) is 1. The molecule has 1 aliphatic rings. The molecule has 0 aromatic heterocycles. The monoisotopic (exact) mass is 311 g/mol. The van der Waals surface area contributed by atoms with E-state index in [-0.39, 0.29) is 0 Å². The summed E-state index contributed by atoms with van der Waals surface area (Å²) >= 11 is 5.83. The van der Waals surface area contributed by atoms with Crippen LogP contribution in [0.4, 0.5) is 0 Å². The van der Waals surface area contributed by atoms with Gasteiger partial charge in [0.05, 0.1) is 19.3 Å². The van der Waals surface area contributed by atoms with Gasteiger partial charge in [-0.25, -0.2) is 0 Å². The van der Waals surface area contributed by atoms with Gasteiger partial charge < -0.3 is 15.2 Å². The summed E-state index contributed by atoms with van der Waals surface area (Å²) in [5.74, 6) is 0. The minimum Gasteiger partial charge on any atom is -0.389 e. The third kappa shape index (κ3) is 5.95. The van der Waals surface area contributed by atoms with Gasteiger partial charge in [-0.05, 0) is 36.0 Å². The Labute approximate surface area is 132 Å². The summed E-state index contributed by atoms with van der Waals surface area (Å²) < 4.78 is 5.54. The van der Waals surface area contributed by atoms with Gasteiger partial charge in [0.25, 0.3) is 0 Å². The molecule has 1 aromatic carbocycles. The Kier molecular flexibility index (Phi) is 6.49. The molecule has 0 amide bonds. The zero-order valence-corrected chi connectivity index (χ0v) is 13.5. The van der Waals surface area contributed by atoms with Gasteiger partial charge in [-0.2, -0.15) is 0 Å². The molecule has 1 unspecified atom stereocenters. The molecule has 4 heteroatoms. The van der Waals surface area contributed by atoms with Crippen molar-refractivity contribution in [3.05, 3.63) is 34.9 Å². The molecule has 0 spiro atoms. The van der Waals surface area contributed by atoms with Crippen LogP contribution in [0.5, 0.6) is 0 Å². The molecule has 1 aromatic rings. The summed E-state index contributed by atoms with van der Waals surface area (Å²) in [5.41, 5.74) is 1.49. The zero-order chi connectivity index (χ0) is 15.1. The van der Waals surface area contributed by atoms with Crippen molar-refractivity contribution in [3.8, 4) is 0 Å². The highest BCUT2D eigenvalue weighted by molar-refractivity contribution is 6.30. The largest absolute Gasteiger partial charge is 0.389 e. The van der Waals surface area contributed by atoms with Crippen molar-refractivity contribution in [2.75, 3.05) is 19.7 Å². The Morgan fingerprint density at radius 2 is 1.95 bits per heavy atom. The fourth-order valence-corrected chi connectivity index (χ4v) is 3.02. The Morgan fingerprint density at radius 1 is 1.29 bits per heavy atom. The first kappa shape index (κ1) is 16.8. The molecule has 2 rings (SSSR count). The summed E-state index contributed by atoms with van der Waals surface area (Å²) in [4.78, 5) is 0. The molecule has 1 fully saturated rings. The molecule has 118 valence electrons. The average Bonchev–Trinajstić information content (AvgIpc) is 2.88. The van der Waals surface area contributed by atoms with Gasteiger partial charge in [-0.15, -0.1) is 0 Å². The van der Waals surface area contributed by atoms with Crippen LogP contribution in [0.3, 0.4) is 0 Å². The lowest BCUT2D eigenvalue weighted by atomic mass is 9.89. The van der Waals surface area contributed by atoms with Crippen LogP contribution >= 0.6 is 11.6 Å². The van der Waals surface area contributed by atoms with Gasteiger partial charge in [0.1, 0.15) is 0 Å². The molecule has 1 aliphatic carbocycles. The Morgan fingerprint density at radius 3 is 2.62 bits per heavy atom. The number of aliphatic hydroxyl groups is 1. The minimum absolute atomic E-state index is 0.354. The highest BCUT2D eigenvalue weighted by Crippen LogP contribution is 2.36. The van der Waals surface area contributed by atoms with Gasteiger partial charge in [-0.3, -0.25) is 0 Å². The Balaban J connectivity index is 1.57. The number of aliphatic hydroxyl groups excluding tert-OH is 1. The third-order valence-electron chi connectivity index (χ3n) is 4.23. The van der Waals surface area contributed by atoms with Crippen molar-refractivity contribution in [1.82, 2.24) is 5.32 Å². The molecule has 0 saturated heterocycles. The van der Waals surface area contributed by atoms with E-state index in [0.29, 0.717) is 25.2 Å². The molecular weight excluding hydrogens is 286 g/mol. The van der Waals surface area contributed by atoms with Gasteiger partial charge >= 0.3 is 0 Å². The van der Waals surface area contributed by atoms with Crippen LogP contribution in [0.2, 0.25) is 5.02 Å². The van der Waals surface area contributed by atoms with Crippen molar-refractivity contribution in [3.63, 3.8) is 0 Å². The van der Waals surface area contributed by atoms with Crippen LogP contribution in [0.25, 0.3) is 0 Å². The third-order valence-corrected chi connectivity index (χ3v) is 4.49. The number of hydrogen-bond donors (Lipinski definition) is 2. The number of ether oxygens (including phenoxy) is 1. The number of benzene rings is 1. The van der Waals surface area contributed by atoms with Gasteiger partial charge in [0.2, 0.25) is 0 Å². The van der Waals surface area contributed by atoms with E-state index in [9.17, 15) is 5.11 Å². The van der Waals surface area contributed by atoms with Crippen molar-refractivity contribution in [2.24, 2.45) is 5.41 Å². The molecule has 0 bridgehead atoms. The maximum atomic E-state index is 9.92. The van der Waals surface area contributed by atoms with Crippen molar-refractivity contribution >= 4 is 11.6 Å². The fourth-order valence-electron chi connectivity index (χ4n) is 2.90. The summed E-state index contributed by atoms with van der Waals surface area (Å²) in [6, 6.07) is 7.57. The molecule has 0 radical (unpaired) electrons. The molecular formula is C17H26ClNO2. The van der Waals surface area contributed by atoms with E-state index in [1.54, 1.807) is 0 Å². The molecule has 0 aliphatic heterocycles. The smallest absolute Gasteiger partial charge is 0.0897 e. The SMILES string of the molecule is CC1(CNCC(O)COCc2ccc(Cl)cc2)CCCC1. The van der Waals surface area contributed by atoms with Crippen LogP contribution in [0.1, 0.15) is 38.2 Å². The first-order valence-electron chi connectivity index (χ1n) is 7.78. The molecule has 1 atom stereocenters. The van der Waals surface area contributed by atoms with Crippen molar-refractivity contribution in [1.29, 1.82) is 0 Å². The summed E-state index contributed by atoms with van der Waals surface area (Å²) in [6.45, 7) is 4.77. The van der Waals surface area contributed by atoms with E-state index in [0.717, 1.165) is 17.1 Å². The second-order valence-electron chi connectivity index (χ2n) is 6.44. The highest BCUT2D eigenvalue weighted by atomic mass is 35.5. The molecule has 1 saturated carbocycles. The predicted molar refractivity (Wildman–Crippen MR) is 86.6 cm³/mol. The van der Waals surface area contributed by atoms with Crippen LogP contribution in [-0.4, -0.2) is 30.9 Å². The van der Waals surface area contributed by atoms with E-state index in [4.69, 9.17) is 16.3 Å². The standard InChI is InChI=1S/C17H26ClNO2/c1-17(8-2-3-9-17)13-19-10-16(20)12-21-11-14-4-6-15(18)7-5-14/h4-7,16,19-20H,2-3,8-13H2,1H3. The second-order valence-corrected chi connectivity index (χ2v) is 6.88. The predicted octanol–water partition coefficient (Wildman–Crippen LogP) is 3.39. The van der Waals surface area contributed by atoms with Crippen molar-refractivity contribution < 1.29 is 9.84 Å². The summed E-state index contributed by atoms with van der Waals surface area (Å²) in [6.07, 6.45) is 4.81. The molecule has 21 heavy (non-hydrogen) atoms. The van der Waals surface area contributed by atoms with E-state index in [1.807, 2.05) is 24.3 Å². The number of hydrogen-bond acceptors (Lipinski definition) is 3. The van der Waals surface area contributed by atoms with E-state index in [1.165, 1.54) is 25.7 Å². The van der Waals surface area contributed by atoms with Crippen molar-refractivity contribution in [2.45, 2.75) is 45.3 Å². The van der Waals surface area contributed by atoms with Crippen LogP contribution < -0.4 is 5.32 Å². The first-order valence-corrected chi connectivity index (χ1v) is 8.16. The first-order chi connectivity index (χ1) is 10.1. The maximum Gasteiger partial charge on any atom is 0.0897 e. The lowest BCUT2D eigenvalue weighted by Gasteiger charge is -2.24. The van der Waals surface area contributed by atoms with E-state index >= 15 is 0 Å². The van der Waals surface area contributed by atoms with E-state index in [2.05, 4.69) is 12.2 Å². The maximum absolute atomic E-state index is 9.92. The quantitative estimate of drug-likeness (QED) is 0.773. The normalized spacial score (nSPS) is 18.8. The van der Waals surface area contributed by atoms with Crippen LogP contribution in [0.15, 0.2) is 24.3 Å². The van der Waals surface area contributed by atoms with Crippen LogP contribution in [-0.2, 0) is 11.3 Å². The van der Waals surface area contributed by atoms with Gasteiger partial charge in [0, 0.05) is 18.1 Å². The summed E-state index contributed by atoms with van der Waals surface area (Å²) in [7, 11) is 0. The van der Waals surface area contributed by atoms with Gasteiger partial charge in [-0.1, -0.05) is 43.5 Å². The minimum atomic E-state index is -0.456. The Bertz CT molecular complexity index is 415. The molecule has 0 heterocycles. The highest BCUT2D eigenvalue weighted by Gasteiger charge is 2.28. The second kappa shape index (κ2) is 8.14.